The van der Waals surface area contributed by atoms with Crippen LogP contribution in [0.1, 0.15) is 37.0 Å². The van der Waals surface area contributed by atoms with Crippen LogP contribution < -0.4 is 0 Å². The maximum absolute atomic E-state index is 13.7. The van der Waals surface area contributed by atoms with E-state index in [1.807, 2.05) is 13.8 Å². The summed E-state index contributed by atoms with van der Waals surface area (Å²) in [5.74, 6) is -1.94. The predicted molar refractivity (Wildman–Crippen MR) is 82.9 cm³/mol. The fourth-order valence-corrected chi connectivity index (χ4v) is 2.83. The van der Waals surface area contributed by atoms with Crippen LogP contribution in [0.2, 0.25) is 0 Å². The van der Waals surface area contributed by atoms with Crippen molar-refractivity contribution in [2.45, 2.75) is 26.7 Å². The fourth-order valence-electron chi connectivity index (χ4n) is 2.83. The van der Waals surface area contributed by atoms with Crippen molar-refractivity contribution in [3.8, 4) is 0 Å². The SMILES string of the molecule is CCC[C@H](C)C(=O)N1CCN(C(=O)c2ccc(F)cc2F)CC1. The zero-order chi connectivity index (χ0) is 17.0. The minimum atomic E-state index is -0.856. The van der Waals surface area contributed by atoms with E-state index >= 15 is 0 Å². The molecule has 126 valence electrons. The molecular formula is C17H22F2N2O2. The average Bonchev–Trinajstić information content (AvgIpc) is 2.54. The number of amides is 2. The monoisotopic (exact) mass is 324 g/mol. The Morgan fingerprint density at radius 2 is 1.74 bits per heavy atom. The van der Waals surface area contributed by atoms with Crippen LogP contribution >= 0.6 is 0 Å². The first kappa shape index (κ1) is 17.4. The summed E-state index contributed by atoms with van der Waals surface area (Å²) in [6.45, 7) is 5.57. The molecule has 0 radical (unpaired) electrons. The van der Waals surface area contributed by atoms with Crippen molar-refractivity contribution in [1.82, 2.24) is 9.80 Å². The van der Waals surface area contributed by atoms with Crippen molar-refractivity contribution in [2.24, 2.45) is 5.92 Å². The Morgan fingerprint density at radius 1 is 1.13 bits per heavy atom. The zero-order valence-corrected chi connectivity index (χ0v) is 13.5. The molecule has 0 bridgehead atoms. The van der Waals surface area contributed by atoms with E-state index in [1.54, 1.807) is 4.90 Å². The van der Waals surface area contributed by atoms with Crippen molar-refractivity contribution >= 4 is 11.8 Å². The maximum Gasteiger partial charge on any atom is 0.256 e. The molecule has 6 heteroatoms. The molecule has 0 unspecified atom stereocenters. The molecule has 0 aliphatic carbocycles. The highest BCUT2D eigenvalue weighted by Crippen LogP contribution is 2.16. The largest absolute Gasteiger partial charge is 0.339 e. The second kappa shape index (κ2) is 7.53. The third kappa shape index (κ3) is 4.06. The van der Waals surface area contributed by atoms with Crippen molar-refractivity contribution < 1.29 is 18.4 Å². The summed E-state index contributed by atoms with van der Waals surface area (Å²) in [6, 6.07) is 2.94. The Kier molecular flexibility index (Phi) is 5.69. The summed E-state index contributed by atoms with van der Waals surface area (Å²) in [6.07, 6.45) is 1.80. The molecular weight excluding hydrogens is 302 g/mol. The molecule has 1 heterocycles. The van der Waals surface area contributed by atoms with Gasteiger partial charge in [0.25, 0.3) is 5.91 Å². The van der Waals surface area contributed by atoms with Crippen LogP contribution in [-0.2, 0) is 4.79 Å². The normalized spacial score (nSPS) is 16.3. The first-order valence-corrected chi connectivity index (χ1v) is 7.97. The third-order valence-corrected chi connectivity index (χ3v) is 4.18. The quantitative estimate of drug-likeness (QED) is 0.854. The molecule has 0 aromatic heterocycles. The lowest BCUT2D eigenvalue weighted by Gasteiger charge is -2.36. The molecule has 0 N–H and O–H groups in total. The van der Waals surface area contributed by atoms with Crippen molar-refractivity contribution in [2.75, 3.05) is 26.2 Å². The summed E-state index contributed by atoms with van der Waals surface area (Å²) in [4.78, 5) is 27.8. The van der Waals surface area contributed by atoms with Gasteiger partial charge in [-0.15, -0.1) is 0 Å². The van der Waals surface area contributed by atoms with E-state index in [-0.39, 0.29) is 17.4 Å². The van der Waals surface area contributed by atoms with E-state index in [2.05, 4.69) is 0 Å². The zero-order valence-electron chi connectivity index (χ0n) is 13.5. The van der Waals surface area contributed by atoms with Gasteiger partial charge in [-0.2, -0.15) is 0 Å². The highest BCUT2D eigenvalue weighted by Gasteiger charge is 2.28. The predicted octanol–water partition coefficient (Wildman–Crippen LogP) is 2.69. The number of carbonyl (C=O) groups excluding carboxylic acids is 2. The summed E-state index contributed by atoms with van der Waals surface area (Å²) >= 11 is 0. The van der Waals surface area contributed by atoms with E-state index in [0.29, 0.717) is 32.2 Å². The summed E-state index contributed by atoms with van der Waals surface area (Å²) in [7, 11) is 0. The first-order chi connectivity index (χ1) is 10.9. The van der Waals surface area contributed by atoms with Crippen LogP contribution in [0.5, 0.6) is 0 Å². The number of hydrogen-bond acceptors (Lipinski definition) is 2. The molecule has 0 spiro atoms. The molecule has 1 saturated heterocycles. The van der Waals surface area contributed by atoms with Gasteiger partial charge in [-0.3, -0.25) is 9.59 Å². The van der Waals surface area contributed by atoms with Gasteiger partial charge in [0.2, 0.25) is 5.91 Å². The second-order valence-corrected chi connectivity index (χ2v) is 5.93. The minimum absolute atomic E-state index is 0.0169. The van der Waals surface area contributed by atoms with Crippen molar-refractivity contribution in [3.63, 3.8) is 0 Å². The van der Waals surface area contributed by atoms with Gasteiger partial charge in [-0.25, -0.2) is 8.78 Å². The Morgan fingerprint density at radius 3 is 2.30 bits per heavy atom. The highest BCUT2D eigenvalue weighted by atomic mass is 19.1. The molecule has 1 aliphatic rings. The number of nitrogens with zero attached hydrogens (tertiary/aromatic N) is 2. The van der Waals surface area contributed by atoms with Gasteiger partial charge >= 0.3 is 0 Å². The maximum atomic E-state index is 13.7. The third-order valence-electron chi connectivity index (χ3n) is 4.18. The lowest BCUT2D eigenvalue weighted by molar-refractivity contribution is -0.136. The topological polar surface area (TPSA) is 40.6 Å². The lowest BCUT2D eigenvalue weighted by atomic mass is 10.0. The number of piperazine rings is 1. The molecule has 1 fully saturated rings. The number of hydrogen-bond donors (Lipinski definition) is 0. The van der Waals surface area contributed by atoms with Crippen molar-refractivity contribution in [1.29, 1.82) is 0 Å². The molecule has 2 amide bonds. The van der Waals surface area contributed by atoms with Crippen molar-refractivity contribution in [3.05, 3.63) is 35.4 Å². The van der Waals surface area contributed by atoms with Crippen LogP contribution in [0.15, 0.2) is 18.2 Å². The molecule has 0 saturated carbocycles. The number of halogens is 2. The second-order valence-electron chi connectivity index (χ2n) is 5.93. The van der Waals surface area contributed by atoms with Crippen LogP contribution in [0, 0.1) is 17.6 Å². The Hall–Kier alpha value is -1.98. The number of carbonyl (C=O) groups is 2. The summed E-state index contributed by atoms with van der Waals surface area (Å²) < 4.78 is 26.6. The van der Waals surface area contributed by atoms with Crippen LogP contribution in [0.3, 0.4) is 0 Å². The van der Waals surface area contributed by atoms with Crippen LogP contribution in [-0.4, -0.2) is 47.8 Å². The van der Waals surface area contributed by atoms with Gasteiger partial charge in [0, 0.05) is 38.2 Å². The van der Waals surface area contributed by atoms with E-state index < -0.39 is 17.5 Å². The van der Waals surface area contributed by atoms with Gasteiger partial charge in [-0.1, -0.05) is 20.3 Å². The number of benzene rings is 1. The molecule has 1 aliphatic heterocycles. The summed E-state index contributed by atoms with van der Waals surface area (Å²) in [5, 5.41) is 0. The number of rotatable bonds is 4. The first-order valence-electron chi connectivity index (χ1n) is 7.97. The molecule has 23 heavy (non-hydrogen) atoms. The van der Waals surface area contributed by atoms with Crippen LogP contribution in [0.4, 0.5) is 8.78 Å². The van der Waals surface area contributed by atoms with Gasteiger partial charge in [0.05, 0.1) is 5.56 Å². The minimum Gasteiger partial charge on any atom is -0.339 e. The highest BCUT2D eigenvalue weighted by molar-refractivity contribution is 5.94. The van der Waals surface area contributed by atoms with Gasteiger partial charge in [0.1, 0.15) is 11.6 Å². The van der Waals surface area contributed by atoms with Gasteiger partial charge in [0.15, 0.2) is 0 Å². The Bertz CT molecular complexity index is 584. The van der Waals surface area contributed by atoms with E-state index in [9.17, 15) is 18.4 Å². The molecule has 4 nitrogen and oxygen atoms in total. The van der Waals surface area contributed by atoms with E-state index in [0.717, 1.165) is 25.0 Å². The molecule has 1 atom stereocenters. The molecule has 2 rings (SSSR count). The fraction of sp³-hybridized carbons (Fsp3) is 0.529. The molecule has 1 aromatic rings. The van der Waals surface area contributed by atoms with E-state index in [1.165, 1.54) is 4.90 Å². The van der Waals surface area contributed by atoms with Gasteiger partial charge in [-0.05, 0) is 18.6 Å². The Balaban J connectivity index is 1.96. The molecule has 1 aromatic carbocycles. The van der Waals surface area contributed by atoms with Gasteiger partial charge < -0.3 is 9.80 Å². The standard InChI is InChI=1S/C17H22F2N2O2/c1-3-4-12(2)16(22)20-7-9-21(10-8-20)17(23)14-6-5-13(18)11-15(14)19/h5-6,11-12H,3-4,7-10H2,1-2H3/t12-/m0/s1. The van der Waals surface area contributed by atoms with Crippen LogP contribution in [0.25, 0.3) is 0 Å². The lowest BCUT2D eigenvalue weighted by Crippen LogP contribution is -2.51. The summed E-state index contributed by atoms with van der Waals surface area (Å²) in [5.41, 5.74) is -0.134. The van der Waals surface area contributed by atoms with E-state index in [4.69, 9.17) is 0 Å². The average molecular weight is 324 g/mol. The smallest absolute Gasteiger partial charge is 0.256 e. The Labute approximate surface area is 135 Å².